The van der Waals surface area contributed by atoms with E-state index in [2.05, 4.69) is 16.9 Å². The highest BCUT2D eigenvalue weighted by Crippen LogP contribution is 2.02. The van der Waals surface area contributed by atoms with Crippen molar-refractivity contribution >= 4 is 12.0 Å². The summed E-state index contributed by atoms with van der Waals surface area (Å²) in [5.74, 6) is -0.253. The molecule has 4 N–H and O–H groups in total. The summed E-state index contributed by atoms with van der Waals surface area (Å²) in [6.45, 7) is 4.27. The zero-order valence-corrected chi connectivity index (χ0v) is 10.8. The second kappa shape index (κ2) is 7.86. The summed E-state index contributed by atoms with van der Waals surface area (Å²) >= 11 is 0. The number of nitrogens with two attached hydrogens (primary N) is 1. The van der Waals surface area contributed by atoms with Crippen molar-refractivity contribution in [2.45, 2.75) is 12.8 Å². The molecule has 0 aromatic carbocycles. The van der Waals surface area contributed by atoms with Crippen molar-refractivity contribution in [1.29, 1.82) is 5.41 Å². The Kier molecular flexibility index (Phi) is 6.08. The minimum absolute atomic E-state index is 0.253. The van der Waals surface area contributed by atoms with E-state index in [9.17, 15) is 4.79 Å². The van der Waals surface area contributed by atoms with Crippen molar-refractivity contribution in [2.75, 3.05) is 13.1 Å². The number of aromatic nitrogens is 1. The predicted octanol–water partition coefficient (Wildman–Crippen LogP) is 1.11. The number of carbonyl (C=O) groups excluding carboxylic acids is 1. The highest BCUT2D eigenvalue weighted by atomic mass is 16.2. The van der Waals surface area contributed by atoms with Gasteiger partial charge in [0.15, 0.2) is 5.96 Å². The van der Waals surface area contributed by atoms with Crippen LogP contribution in [0.4, 0.5) is 4.79 Å². The summed E-state index contributed by atoms with van der Waals surface area (Å²) in [7, 11) is 0. The number of hydrogen-bond acceptors (Lipinski definition) is 3. The van der Waals surface area contributed by atoms with Crippen LogP contribution in [-0.4, -0.2) is 35.0 Å². The van der Waals surface area contributed by atoms with Gasteiger partial charge in [-0.1, -0.05) is 6.08 Å². The van der Waals surface area contributed by atoms with E-state index in [1.165, 1.54) is 4.90 Å². The standard InChI is InChI=1S/C13H19N5O/c1-2-7-17-13(19)18(12(14)15)10-3-4-11-5-8-16-9-6-11/h2,5-6,8-9H,1,3-4,7,10H2,(H3,14,15)(H,17,19). The third-order valence-corrected chi connectivity index (χ3v) is 2.53. The van der Waals surface area contributed by atoms with Crippen molar-refractivity contribution in [1.82, 2.24) is 15.2 Å². The van der Waals surface area contributed by atoms with Crippen molar-refractivity contribution in [3.05, 3.63) is 42.7 Å². The molecule has 6 nitrogen and oxygen atoms in total. The summed E-state index contributed by atoms with van der Waals surface area (Å²) in [5.41, 5.74) is 6.54. The number of carbonyl (C=O) groups is 1. The molecule has 102 valence electrons. The molecule has 19 heavy (non-hydrogen) atoms. The Morgan fingerprint density at radius 2 is 2.21 bits per heavy atom. The summed E-state index contributed by atoms with van der Waals surface area (Å²) < 4.78 is 0. The second-order valence-corrected chi connectivity index (χ2v) is 3.97. The lowest BCUT2D eigenvalue weighted by atomic mass is 10.1. The molecular weight excluding hydrogens is 242 g/mol. The molecule has 0 bridgehead atoms. The number of guanidine groups is 1. The van der Waals surface area contributed by atoms with E-state index in [0.717, 1.165) is 18.4 Å². The van der Waals surface area contributed by atoms with Crippen LogP contribution in [0.1, 0.15) is 12.0 Å². The predicted molar refractivity (Wildman–Crippen MR) is 74.8 cm³/mol. The lowest BCUT2D eigenvalue weighted by molar-refractivity contribution is 0.221. The maximum absolute atomic E-state index is 11.7. The number of amides is 2. The zero-order valence-electron chi connectivity index (χ0n) is 10.8. The molecule has 0 atom stereocenters. The van der Waals surface area contributed by atoms with Crippen LogP contribution in [0.2, 0.25) is 0 Å². The molecule has 0 aliphatic rings. The van der Waals surface area contributed by atoms with Crippen molar-refractivity contribution < 1.29 is 4.79 Å². The Morgan fingerprint density at radius 1 is 1.53 bits per heavy atom. The Labute approximate surface area is 112 Å². The Bertz CT molecular complexity index is 432. The van der Waals surface area contributed by atoms with Crippen LogP contribution in [0.25, 0.3) is 0 Å². The van der Waals surface area contributed by atoms with Gasteiger partial charge < -0.3 is 11.1 Å². The summed E-state index contributed by atoms with van der Waals surface area (Å²) in [4.78, 5) is 16.9. The Balaban J connectivity index is 2.44. The van der Waals surface area contributed by atoms with Gasteiger partial charge in [-0.15, -0.1) is 6.58 Å². The lowest BCUT2D eigenvalue weighted by Crippen LogP contribution is -2.47. The maximum atomic E-state index is 11.7. The Morgan fingerprint density at radius 3 is 2.79 bits per heavy atom. The first kappa shape index (κ1) is 14.7. The minimum atomic E-state index is -0.373. The van der Waals surface area contributed by atoms with E-state index in [0.29, 0.717) is 13.1 Å². The van der Waals surface area contributed by atoms with Gasteiger partial charge in [0.2, 0.25) is 0 Å². The van der Waals surface area contributed by atoms with E-state index in [-0.39, 0.29) is 12.0 Å². The van der Waals surface area contributed by atoms with Crippen LogP contribution in [0.3, 0.4) is 0 Å². The molecule has 0 unspecified atom stereocenters. The summed E-state index contributed by atoms with van der Waals surface area (Å²) in [6, 6.07) is 3.48. The van der Waals surface area contributed by atoms with Gasteiger partial charge in [-0.3, -0.25) is 15.3 Å². The molecule has 1 heterocycles. The van der Waals surface area contributed by atoms with E-state index >= 15 is 0 Å². The summed E-state index contributed by atoms with van der Waals surface area (Å²) in [5, 5.41) is 10.0. The number of rotatable bonds is 6. The SMILES string of the molecule is C=CCNC(=O)N(CCCc1ccncc1)C(=N)N. The van der Waals surface area contributed by atoms with Crippen LogP contribution < -0.4 is 11.1 Å². The first-order chi connectivity index (χ1) is 9.15. The fourth-order valence-electron chi connectivity index (χ4n) is 1.58. The zero-order chi connectivity index (χ0) is 14.1. The number of nitrogens with one attached hydrogen (secondary N) is 2. The monoisotopic (exact) mass is 261 g/mol. The average Bonchev–Trinajstić information content (AvgIpc) is 2.41. The first-order valence-electron chi connectivity index (χ1n) is 6.04. The molecular formula is C13H19N5O. The molecule has 1 aromatic heterocycles. The molecule has 1 rings (SSSR count). The molecule has 0 radical (unpaired) electrons. The van der Waals surface area contributed by atoms with E-state index < -0.39 is 0 Å². The summed E-state index contributed by atoms with van der Waals surface area (Å²) in [6.07, 6.45) is 6.57. The van der Waals surface area contributed by atoms with E-state index in [4.69, 9.17) is 11.1 Å². The number of nitrogens with zero attached hydrogens (tertiary/aromatic N) is 2. The van der Waals surface area contributed by atoms with Gasteiger partial charge in [0, 0.05) is 25.5 Å². The fraction of sp³-hybridized carbons (Fsp3) is 0.308. The number of urea groups is 1. The smallest absolute Gasteiger partial charge is 0.324 e. The highest BCUT2D eigenvalue weighted by molar-refractivity contribution is 5.93. The first-order valence-corrected chi connectivity index (χ1v) is 6.04. The fourth-order valence-corrected chi connectivity index (χ4v) is 1.58. The third kappa shape index (κ3) is 5.20. The van der Waals surface area contributed by atoms with Crippen molar-refractivity contribution in [2.24, 2.45) is 5.73 Å². The van der Waals surface area contributed by atoms with Crippen LogP contribution in [-0.2, 0) is 6.42 Å². The van der Waals surface area contributed by atoms with Crippen molar-refractivity contribution in [3.8, 4) is 0 Å². The van der Waals surface area contributed by atoms with Gasteiger partial charge in [-0.05, 0) is 30.5 Å². The molecule has 1 aromatic rings. The second-order valence-electron chi connectivity index (χ2n) is 3.97. The number of pyridine rings is 1. The average molecular weight is 261 g/mol. The van der Waals surface area contributed by atoms with Crippen LogP contribution in [0.15, 0.2) is 37.2 Å². The van der Waals surface area contributed by atoms with E-state index in [1.807, 2.05) is 12.1 Å². The largest absolute Gasteiger partial charge is 0.370 e. The topological polar surface area (TPSA) is 95.1 Å². The van der Waals surface area contributed by atoms with E-state index in [1.54, 1.807) is 18.5 Å². The molecule has 0 saturated heterocycles. The molecule has 0 spiro atoms. The number of aryl methyl sites for hydroxylation is 1. The lowest BCUT2D eigenvalue weighted by Gasteiger charge is -2.20. The van der Waals surface area contributed by atoms with Crippen LogP contribution in [0, 0.1) is 5.41 Å². The molecule has 0 saturated carbocycles. The normalized spacial score (nSPS) is 9.68. The van der Waals surface area contributed by atoms with Gasteiger partial charge in [-0.2, -0.15) is 0 Å². The molecule has 0 aliphatic heterocycles. The molecule has 0 aliphatic carbocycles. The molecule has 2 amide bonds. The maximum Gasteiger partial charge on any atom is 0.324 e. The van der Waals surface area contributed by atoms with Crippen LogP contribution in [0.5, 0.6) is 0 Å². The van der Waals surface area contributed by atoms with Crippen molar-refractivity contribution in [3.63, 3.8) is 0 Å². The van der Waals surface area contributed by atoms with Gasteiger partial charge in [-0.25, -0.2) is 4.79 Å². The Hall–Kier alpha value is -2.37. The highest BCUT2D eigenvalue weighted by Gasteiger charge is 2.14. The van der Waals surface area contributed by atoms with Gasteiger partial charge >= 0.3 is 6.03 Å². The van der Waals surface area contributed by atoms with Gasteiger partial charge in [0.25, 0.3) is 0 Å². The molecule has 6 heteroatoms. The number of hydrogen-bond donors (Lipinski definition) is 3. The third-order valence-electron chi connectivity index (χ3n) is 2.53. The van der Waals surface area contributed by atoms with Gasteiger partial charge in [0.05, 0.1) is 0 Å². The van der Waals surface area contributed by atoms with Gasteiger partial charge in [0.1, 0.15) is 0 Å². The molecule has 0 fully saturated rings. The minimum Gasteiger partial charge on any atom is -0.370 e. The quantitative estimate of drug-likeness (QED) is 0.406. The van der Waals surface area contributed by atoms with Crippen LogP contribution >= 0.6 is 0 Å².